The summed E-state index contributed by atoms with van der Waals surface area (Å²) in [6.07, 6.45) is 10.1. The van der Waals surface area contributed by atoms with Gasteiger partial charge in [0.25, 0.3) is 5.69 Å². The second-order valence-electron chi connectivity index (χ2n) is 17.3. The highest BCUT2D eigenvalue weighted by Gasteiger charge is 2.66. The first-order valence-electron chi connectivity index (χ1n) is 23.2. The molecule has 352 valence electrons. The number of fused-ring (bicyclic) bond motifs is 3. The van der Waals surface area contributed by atoms with Gasteiger partial charge in [-0.25, -0.2) is 8.42 Å². The SMILES string of the molecule is C=CCO[C@@]12Oc3ccc(Oc4cccc([N+](=O)[O-])c4)cc3[C@H]3[C@H](CCCCO)[C@@H](CCCCO)C=C(C(=NOCc4ccccc4)C[C@@H]1N(CCC)S(=O)(=O)c1cccc4cccnc14)[C@H]32. The molecule has 0 unspecified atom stereocenters. The van der Waals surface area contributed by atoms with E-state index < -0.39 is 38.6 Å². The van der Waals surface area contributed by atoms with E-state index >= 15 is 8.42 Å². The van der Waals surface area contributed by atoms with Crippen LogP contribution in [0, 0.1) is 27.9 Å². The van der Waals surface area contributed by atoms with Crippen LogP contribution in [-0.2, 0) is 26.2 Å². The summed E-state index contributed by atoms with van der Waals surface area (Å²) >= 11 is 0. The van der Waals surface area contributed by atoms with Gasteiger partial charge >= 0.3 is 0 Å². The number of benzene rings is 4. The number of hydrogen-bond acceptors (Lipinski definition) is 12. The van der Waals surface area contributed by atoms with E-state index in [2.05, 4.69) is 17.6 Å². The zero-order valence-electron chi connectivity index (χ0n) is 37.7. The molecule has 2 aliphatic carbocycles. The van der Waals surface area contributed by atoms with Gasteiger partial charge in [-0.15, -0.1) is 6.58 Å². The number of rotatable bonds is 22. The predicted octanol–water partition coefficient (Wildman–Crippen LogP) is 9.87. The van der Waals surface area contributed by atoms with E-state index in [0.717, 1.165) is 29.5 Å². The second kappa shape index (κ2) is 21.3. The highest BCUT2D eigenvalue weighted by molar-refractivity contribution is 7.89. The molecule has 0 bridgehead atoms. The van der Waals surface area contributed by atoms with Gasteiger partial charge in [0, 0.05) is 55.3 Å². The first kappa shape index (κ1) is 47.5. The molecule has 67 heavy (non-hydrogen) atoms. The van der Waals surface area contributed by atoms with Crippen molar-refractivity contribution in [3.05, 3.63) is 155 Å². The molecule has 0 amide bonds. The zero-order chi connectivity index (χ0) is 47.0. The number of nitro benzene ring substituents is 1. The number of non-ortho nitro benzene ring substituents is 1. The summed E-state index contributed by atoms with van der Waals surface area (Å²) in [6.45, 7) is 6.34. The first-order valence-corrected chi connectivity index (χ1v) is 24.6. The summed E-state index contributed by atoms with van der Waals surface area (Å²) in [6, 6.07) is 28.9. The van der Waals surface area contributed by atoms with Crippen LogP contribution in [-0.4, -0.2) is 76.7 Å². The van der Waals surface area contributed by atoms with Crippen LogP contribution in [0.3, 0.4) is 0 Å². The summed E-state index contributed by atoms with van der Waals surface area (Å²) in [7, 11) is -4.35. The van der Waals surface area contributed by atoms with Crippen molar-refractivity contribution in [3.8, 4) is 17.2 Å². The molecular weight excluding hydrogens is 873 g/mol. The monoisotopic (exact) mass is 930 g/mol. The van der Waals surface area contributed by atoms with Crippen molar-refractivity contribution < 1.29 is 42.6 Å². The van der Waals surface area contributed by atoms with E-state index in [1.54, 1.807) is 54.7 Å². The number of aromatic nitrogens is 1. The number of oxime groups is 1. The van der Waals surface area contributed by atoms with Crippen LogP contribution in [0.2, 0.25) is 0 Å². The third-order valence-electron chi connectivity index (χ3n) is 13.1. The molecule has 0 saturated heterocycles. The maximum Gasteiger partial charge on any atom is 0.273 e. The third-order valence-corrected chi connectivity index (χ3v) is 15.1. The fourth-order valence-electron chi connectivity index (χ4n) is 10.3. The largest absolute Gasteiger partial charge is 0.460 e. The number of aliphatic hydroxyl groups is 2. The fourth-order valence-corrected chi connectivity index (χ4v) is 12.2. The van der Waals surface area contributed by atoms with Crippen LogP contribution in [0.1, 0.15) is 75.3 Å². The van der Waals surface area contributed by atoms with Crippen molar-refractivity contribution in [2.75, 3.05) is 26.4 Å². The Balaban J connectivity index is 1.36. The van der Waals surface area contributed by atoms with Crippen molar-refractivity contribution in [2.24, 2.45) is 22.9 Å². The molecule has 5 aromatic rings. The topological polar surface area (TPSA) is 183 Å². The summed E-state index contributed by atoms with van der Waals surface area (Å²) in [5, 5.41) is 37.3. The lowest BCUT2D eigenvalue weighted by atomic mass is 9.55. The first-order chi connectivity index (χ1) is 32.6. The van der Waals surface area contributed by atoms with Crippen LogP contribution >= 0.6 is 0 Å². The van der Waals surface area contributed by atoms with E-state index in [4.69, 9.17) is 24.2 Å². The molecule has 3 aliphatic rings. The minimum absolute atomic E-state index is 0.0227. The van der Waals surface area contributed by atoms with E-state index in [1.807, 2.05) is 55.5 Å². The molecule has 0 spiro atoms. The number of para-hydroxylation sites is 1. The molecule has 1 aliphatic heterocycles. The van der Waals surface area contributed by atoms with Gasteiger partial charge in [0.15, 0.2) is 0 Å². The molecular formula is C52H58N4O10S. The second-order valence-corrected chi connectivity index (χ2v) is 19.2. The molecule has 2 heterocycles. The Morgan fingerprint density at radius 2 is 1.72 bits per heavy atom. The van der Waals surface area contributed by atoms with Gasteiger partial charge in [-0.2, -0.15) is 4.31 Å². The van der Waals surface area contributed by atoms with E-state index in [1.165, 1.54) is 16.4 Å². The summed E-state index contributed by atoms with van der Waals surface area (Å²) in [5.41, 5.74) is 3.33. The third kappa shape index (κ3) is 9.88. The Morgan fingerprint density at radius 1 is 0.955 bits per heavy atom. The van der Waals surface area contributed by atoms with Gasteiger partial charge in [0.05, 0.1) is 40.8 Å². The van der Waals surface area contributed by atoms with Gasteiger partial charge in [-0.3, -0.25) is 15.1 Å². The Kier molecular flexibility index (Phi) is 15.1. The molecule has 1 saturated carbocycles. The molecule has 2 N–H and O–H groups in total. The lowest BCUT2D eigenvalue weighted by Gasteiger charge is -2.59. The molecule has 1 aromatic heterocycles. The van der Waals surface area contributed by atoms with Crippen LogP contribution in [0.25, 0.3) is 10.9 Å². The lowest BCUT2D eigenvalue weighted by molar-refractivity contribution is -0.384. The standard InChI is InChI=1S/C52H58N4O10S/c1-3-27-55(67(61,62)47-23-12-18-37-19-14-26-53-51(37)47)48-34-45(54-64-35-36-15-6-5-7-16-36)43-31-38(17-8-10-28-57)42(22-9-11-29-58)49-44-33-41(65-40-21-13-20-39(32-40)56(59)60)24-25-46(44)66-52(48,50(43)49)63-30-4-2/h4-7,12-16,18-21,23-26,31-33,38,42,48-50,57-58H,2-3,8-11,17,22,27-30,34-35H2,1H3/t38-,42+,48-,49+,50+,52+/m0/s1. The maximum atomic E-state index is 15.6. The maximum absolute atomic E-state index is 15.6. The molecule has 8 rings (SSSR count). The van der Waals surface area contributed by atoms with Gasteiger partial charge in [0.1, 0.15) is 28.8 Å². The molecule has 0 radical (unpaired) electrons. The van der Waals surface area contributed by atoms with Crippen LogP contribution in [0.4, 0.5) is 5.69 Å². The predicted molar refractivity (Wildman–Crippen MR) is 255 cm³/mol. The Hall–Kier alpha value is -5.97. The smallest absolute Gasteiger partial charge is 0.273 e. The number of ether oxygens (including phenoxy) is 3. The van der Waals surface area contributed by atoms with E-state index in [9.17, 15) is 20.3 Å². The number of hydrogen-bond donors (Lipinski definition) is 2. The Labute approximate surface area is 391 Å². The fraction of sp³-hybridized carbons (Fsp3) is 0.385. The molecule has 15 heteroatoms. The van der Waals surface area contributed by atoms with Crippen molar-refractivity contribution in [1.29, 1.82) is 0 Å². The van der Waals surface area contributed by atoms with Gasteiger partial charge in [-0.1, -0.05) is 91.7 Å². The van der Waals surface area contributed by atoms with Crippen molar-refractivity contribution in [2.45, 2.75) is 87.5 Å². The van der Waals surface area contributed by atoms with Crippen molar-refractivity contribution >= 4 is 32.3 Å². The number of pyridine rings is 1. The normalized spacial score (nSPS) is 22.7. The number of aliphatic hydroxyl groups excluding tert-OH is 2. The number of unbranched alkanes of at least 4 members (excludes halogenated alkanes) is 2. The number of nitrogens with zero attached hydrogens (tertiary/aromatic N) is 4. The summed E-state index contributed by atoms with van der Waals surface area (Å²) in [4.78, 5) is 22.1. The lowest BCUT2D eigenvalue weighted by Crippen LogP contribution is -2.70. The molecule has 14 nitrogen and oxygen atoms in total. The van der Waals surface area contributed by atoms with Crippen molar-refractivity contribution in [3.63, 3.8) is 0 Å². The number of allylic oxidation sites excluding steroid dienone is 1. The average Bonchev–Trinajstić information content (AvgIpc) is 3.34. The average molecular weight is 931 g/mol. The highest BCUT2D eigenvalue weighted by Crippen LogP contribution is 2.62. The number of sulfonamides is 1. The summed E-state index contributed by atoms with van der Waals surface area (Å²) < 4.78 is 53.6. The zero-order valence-corrected chi connectivity index (χ0v) is 38.5. The quantitative estimate of drug-likeness (QED) is 0.0292. The Morgan fingerprint density at radius 3 is 2.48 bits per heavy atom. The van der Waals surface area contributed by atoms with Crippen molar-refractivity contribution in [1.82, 2.24) is 9.29 Å². The van der Waals surface area contributed by atoms with Gasteiger partial charge in [0.2, 0.25) is 15.8 Å². The van der Waals surface area contributed by atoms with Gasteiger partial charge < -0.3 is 29.3 Å². The van der Waals surface area contributed by atoms with E-state index in [0.29, 0.717) is 60.2 Å². The van der Waals surface area contributed by atoms with Crippen LogP contribution in [0.15, 0.2) is 144 Å². The summed E-state index contributed by atoms with van der Waals surface area (Å²) in [5.74, 6) is -1.66. The molecule has 1 fully saturated rings. The molecule has 6 atom stereocenters. The Bertz CT molecular complexity index is 2710. The van der Waals surface area contributed by atoms with Crippen LogP contribution in [0.5, 0.6) is 17.2 Å². The number of nitro groups is 1. The molecule has 4 aromatic carbocycles. The minimum atomic E-state index is -4.35. The minimum Gasteiger partial charge on any atom is -0.460 e. The highest BCUT2D eigenvalue weighted by atomic mass is 32.2. The van der Waals surface area contributed by atoms with Crippen LogP contribution < -0.4 is 9.47 Å². The van der Waals surface area contributed by atoms with E-state index in [-0.39, 0.29) is 67.6 Å². The van der Waals surface area contributed by atoms with Gasteiger partial charge in [-0.05, 0) is 91.5 Å².